The van der Waals surface area contributed by atoms with E-state index in [-0.39, 0.29) is 5.56 Å². The van der Waals surface area contributed by atoms with Gasteiger partial charge in [0.15, 0.2) is 0 Å². The molecular formula is C17H26FNO2. The number of aliphatic hydroxyl groups excluding tert-OH is 1. The number of hydrogen-bond acceptors (Lipinski definition) is 3. The van der Waals surface area contributed by atoms with E-state index in [1.54, 1.807) is 12.1 Å². The van der Waals surface area contributed by atoms with Gasteiger partial charge in [-0.1, -0.05) is 18.9 Å². The molecule has 0 spiro atoms. The van der Waals surface area contributed by atoms with Crippen LogP contribution in [-0.4, -0.2) is 36.2 Å². The first-order valence-electron chi connectivity index (χ1n) is 7.88. The van der Waals surface area contributed by atoms with E-state index in [2.05, 4.69) is 11.8 Å². The highest BCUT2D eigenvalue weighted by molar-refractivity contribution is 5.36. The Morgan fingerprint density at radius 1 is 1.38 bits per heavy atom. The van der Waals surface area contributed by atoms with Crippen LogP contribution in [0.3, 0.4) is 0 Å². The van der Waals surface area contributed by atoms with Gasteiger partial charge in [-0.2, -0.15) is 0 Å². The number of aliphatic hydroxyl groups is 1. The van der Waals surface area contributed by atoms with Gasteiger partial charge in [-0.15, -0.1) is 0 Å². The Morgan fingerprint density at radius 2 is 2.19 bits per heavy atom. The van der Waals surface area contributed by atoms with Gasteiger partial charge in [0, 0.05) is 12.6 Å². The summed E-state index contributed by atoms with van der Waals surface area (Å²) in [4.78, 5) is 2.41. The molecule has 4 heteroatoms. The van der Waals surface area contributed by atoms with Crippen LogP contribution < -0.4 is 4.74 Å². The normalized spacial score (nSPS) is 21.8. The number of ether oxygens (including phenoxy) is 1. The third kappa shape index (κ3) is 4.17. The zero-order chi connectivity index (χ0) is 15.2. The molecule has 1 N–H and O–H groups in total. The summed E-state index contributed by atoms with van der Waals surface area (Å²) in [5.41, 5.74) is 0.280. The lowest BCUT2D eigenvalue weighted by molar-refractivity contribution is 0.123. The fourth-order valence-corrected chi connectivity index (χ4v) is 3.12. The number of nitrogens with zero attached hydrogens (tertiary/aromatic N) is 1. The molecule has 2 atom stereocenters. The first-order valence-corrected chi connectivity index (χ1v) is 7.88. The van der Waals surface area contributed by atoms with Crippen molar-refractivity contribution in [2.24, 2.45) is 0 Å². The van der Waals surface area contributed by atoms with Gasteiger partial charge in [0.2, 0.25) is 0 Å². The van der Waals surface area contributed by atoms with Crippen molar-refractivity contribution in [3.63, 3.8) is 0 Å². The van der Waals surface area contributed by atoms with E-state index in [9.17, 15) is 9.50 Å². The van der Waals surface area contributed by atoms with Crippen LogP contribution in [0, 0.1) is 5.82 Å². The van der Waals surface area contributed by atoms with Gasteiger partial charge in [0.25, 0.3) is 0 Å². The van der Waals surface area contributed by atoms with Crippen LogP contribution in [-0.2, 0) is 0 Å². The molecule has 0 aromatic heterocycles. The largest absolute Gasteiger partial charge is 0.496 e. The predicted octanol–water partition coefficient (Wildman–Crippen LogP) is 3.52. The maximum absolute atomic E-state index is 13.9. The van der Waals surface area contributed by atoms with Crippen LogP contribution in [0.15, 0.2) is 18.2 Å². The Balaban J connectivity index is 1.99. The average molecular weight is 295 g/mol. The zero-order valence-electron chi connectivity index (χ0n) is 13.0. The van der Waals surface area contributed by atoms with Gasteiger partial charge >= 0.3 is 0 Å². The van der Waals surface area contributed by atoms with E-state index in [1.807, 2.05) is 0 Å². The van der Waals surface area contributed by atoms with Crippen LogP contribution in [0.2, 0.25) is 0 Å². The molecule has 1 fully saturated rings. The van der Waals surface area contributed by atoms with Gasteiger partial charge in [0.1, 0.15) is 11.6 Å². The molecule has 0 radical (unpaired) electrons. The molecular weight excluding hydrogens is 269 g/mol. The molecule has 1 aromatic carbocycles. The molecule has 0 bridgehead atoms. The highest BCUT2D eigenvalue weighted by Gasteiger charge is 2.21. The summed E-state index contributed by atoms with van der Waals surface area (Å²) in [6.45, 7) is 4.10. The number of benzene rings is 1. The molecule has 1 aliphatic heterocycles. The minimum atomic E-state index is -0.823. The number of methoxy groups -OCH3 is 1. The topological polar surface area (TPSA) is 32.7 Å². The summed E-state index contributed by atoms with van der Waals surface area (Å²) in [7, 11) is 1.50. The van der Waals surface area contributed by atoms with Gasteiger partial charge in [-0.3, -0.25) is 0 Å². The Morgan fingerprint density at radius 3 is 2.95 bits per heavy atom. The molecule has 1 heterocycles. The smallest absolute Gasteiger partial charge is 0.132 e. The van der Waals surface area contributed by atoms with Crippen LogP contribution in [0.1, 0.15) is 50.7 Å². The summed E-state index contributed by atoms with van der Waals surface area (Å²) < 4.78 is 19.1. The summed E-state index contributed by atoms with van der Waals surface area (Å²) in [5, 5.41) is 10.4. The number of likely N-dealkylation sites (tertiary alicyclic amines) is 1. The first-order chi connectivity index (χ1) is 10.1. The Labute approximate surface area is 126 Å². The second-order valence-corrected chi connectivity index (χ2v) is 5.89. The number of hydrogen-bond donors (Lipinski definition) is 1. The van der Waals surface area contributed by atoms with Crippen LogP contribution in [0.5, 0.6) is 5.75 Å². The van der Waals surface area contributed by atoms with Gasteiger partial charge < -0.3 is 14.7 Å². The summed E-state index contributed by atoms with van der Waals surface area (Å²) in [6, 6.07) is 5.20. The third-order valence-electron chi connectivity index (χ3n) is 4.45. The van der Waals surface area contributed by atoms with Crippen molar-refractivity contribution >= 4 is 0 Å². The van der Waals surface area contributed by atoms with E-state index in [0.717, 1.165) is 13.1 Å². The quantitative estimate of drug-likeness (QED) is 0.902. The maximum Gasteiger partial charge on any atom is 0.132 e. The standard InChI is InChI=1S/C17H26FNO2/c1-13-7-4-3-5-11-19(13)12-10-15(20)17-14(18)8-6-9-16(17)21-2/h6,8-9,13,15,20H,3-5,7,10-12H2,1-2H3. The SMILES string of the molecule is COc1cccc(F)c1C(O)CCN1CCCCCC1C. The highest BCUT2D eigenvalue weighted by Crippen LogP contribution is 2.30. The maximum atomic E-state index is 13.9. The van der Waals surface area contributed by atoms with E-state index >= 15 is 0 Å². The fourth-order valence-electron chi connectivity index (χ4n) is 3.12. The molecule has 1 aromatic rings. The third-order valence-corrected chi connectivity index (χ3v) is 4.45. The zero-order valence-corrected chi connectivity index (χ0v) is 13.0. The molecule has 1 saturated heterocycles. The lowest BCUT2D eigenvalue weighted by Crippen LogP contribution is -2.34. The summed E-state index contributed by atoms with van der Waals surface area (Å²) >= 11 is 0. The van der Waals surface area contributed by atoms with Crippen molar-refractivity contribution in [3.8, 4) is 5.75 Å². The van der Waals surface area contributed by atoms with Crippen LogP contribution in [0.4, 0.5) is 4.39 Å². The molecule has 1 aliphatic rings. The van der Waals surface area contributed by atoms with Crippen LogP contribution >= 0.6 is 0 Å². The van der Waals surface area contributed by atoms with Crippen molar-refractivity contribution < 1.29 is 14.2 Å². The molecule has 0 aliphatic carbocycles. The van der Waals surface area contributed by atoms with Gasteiger partial charge in [-0.25, -0.2) is 4.39 Å². The molecule has 2 rings (SSSR count). The van der Waals surface area contributed by atoms with Gasteiger partial charge in [0.05, 0.1) is 18.8 Å². The Hall–Kier alpha value is -1.13. The molecule has 2 unspecified atom stereocenters. The van der Waals surface area contributed by atoms with Crippen molar-refractivity contribution in [2.45, 2.75) is 51.2 Å². The molecule has 0 amide bonds. The highest BCUT2D eigenvalue weighted by atomic mass is 19.1. The monoisotopic (exact) mass is 295 g/mol. The van der Waals surface area contributed by atoms with E-state index in [0.29, 0.717) is 18.2 Å². The van der Waals surface area contributed by atoms with Crippen molar-refractivity contribution in [2.75, 3.05) is 20.2 Å². The van der Waals surface area contributed by atoms with E-state index in [4.69, 9.17) is 4.74 Å². The second-order valence-electron chi connectivity index (χ2n) is 5.89. The molecule has 118 valence electrons. The minimum absolute atomic E-state index is 0.280. The van der Waals surface area contributed by atoms with Crippen molar-refractivity contribution in [1.29, 1.82) is 0 Å². The number of rotatable bonds is 5. The lowest BCUT2D eigenvalue weighted by Gasteiger charge is -2.28. The predicted molar refractivity (Wildman–Crippen MR) is 82.0 cm³/mol. The molecule has 0 saturated carbocycles. The summed E-state index contributed by atoms with van der Waals surface area (Å²) in [5.74, 6) is 0.0252. The average Bonchev–Trinajstić information content (AvgIpc) is 2.69. The fraction of sp³-hybridized carbons (Fsp3) is 0.647. The Kier molecular flexibility index (Phi) is 6.00. The van der Waals surface area contributed by atoms with E-state index < -0.39 is 11.9 Å². The Bertz CT molecular complexity index is 452. The van der Waals surface area contributed by atoms with Crippen molar-refractivity contribution in [3.05, 3.63) is 29.6 Å². The van der Waals surface area contributed by atoms with E-state index in [1.165, 1.54) is 38.9 Å². The van der Waals surface area contributed by atoms with Crippen LogP contribution in [0.25, 0.3) is 0 Å². The number of halogens is 1. The molecule has 21 heavy (non-hydrogen) atoms. The minimum Gasteiger partial charge on any atom is -0.496 e. The second kappa shape index (κ2) is 7.76. The van der Waals surface area contributed by atoms with Gasteiger partial charge in [-0.05, 0) is 44.9 Å². The molecule has 3 nitrogen and oxygen atoms in total. The summed E-state index contributed by atoms with van der Waals surface area (Å²) in [6.07, 6.45) is 4.69. The van der Waals surface area contributed by atoms with Crippen molar-refractivity contribution in [1.82, 2.24) is 4.90 Å². The first kappa shape index (κ1) is 16.2. The lowest BCUT2D eigenvalue weighted by atomic mass is 10.0.